The number of phenolic OH excluding ortho intramolecular Hbond substituents is 1. The first-order valence-corrected chi connectivity index (χ1v) is 8.75. The zero-order valence-corrected chi connectivity index (χ0v) is 15.2. The summed E-state index contributed by atoms with van der Waals surface area (Å²) in [5, 5.41) is 23.0. The van der Waals surface area contributed by atoms with E-state index in [-0.39, 0.29) is 11.4 Å². The van der Waals surface area contributed by atoms with Crippen LogP contribution in [0.15, 0.2) is 77.2 Å². The zero-order chi connectivity index (χ0) is 19.7. The maximum Gasteiger partial charge on any atom is 0.273 e. The first-order valence-electron chi connectivity index (χ1n) is 8.37. The SMILES string of the molecule is O=[N+]([O-])c1ccc([NH+]=c2cc(-c3ccccc3)oc3ccc(Cl)cc23)c(O)c1. The number of halogens is 1. The lowest BCUT2D eigenvalue weighted by Crippen LogP contribution is -2.70. The normalized spacial score (nSPS) is 11.7. The number of hydrogen-bond donors (Lipinski definition) is 2. The van der Waals surface area contributed by atoms with E-state index in [4.69, 9.17) is 16.0 Å². The van der Waals surface area contributed by atoms with E-state index >= 15 is 0 Å². The summed E-state index contributed by atoms with van der Waals surface area (Å²) in [6.07, 6.45) is 0. The predicted molar refractivity (Wildman–Crippen MR) is 105 cm³/mol. The Balaban J connectivity index is 1.98. The lowest BCUT2D eigenvalue weighted by atomic mass is 10.1. The molecule has 4 rings (SSSR count). The Morgan fingerprint density at radius 2 is 1.79 bits per heavy atom. The molecule has 0 aliphatic carbocycles. The van der Waals surface area contributed by atoms with Crippen molar-refractivity contribution in [2.75, 3.05) is 0 Å². The standard InChI is InChI=1S/C21H13ClN2O4/c22-14-6-9-20-16(10-14)18(12-21(28-20)13-4-2-1-3-5-13)23-17-8-7-15(24(26)27)11-19(17)25/h1-12,25H/p+1. The van der Waals surface area contributed by atoms with Crippen molar-refractivity contribution in [3.63, 3.8) is 0 Å². The van der Waals surface area contributed by atoms with Crippen LogP contribution in [0.5, 0.6) is 5.75 Å². The van der Waals surface area contributed by atoms with Gasteiger partial charge in [0.05, 0.1) is 22.4 Å². The minimum atomic E-state index is -0.562. The molecule has 3 aromatic carbocycles. The van der Waals surface area contributed by atoms with Gasteiger partial charge < -0.3 is 9.52 Å². The maximum atomic E-state index is 10.9. The monoisotopic (exact) mass is 393 g/mol. The molecular weight excluding hydrogens is 380 g/mol. The van der Waals surface area contributed by atoms with E-state index in [1.807, 2.05) is 30.3 Å². The molecule has 6 nitrogen and oxygen atoms in total. The highest BCUT2D eigenvalue weighted by molar-refractivity contribution is 6.31. The number of phenols is 1. The van der Waals surface area contributed by atoms with Crippen LogP contribution >= 0.6 is 11.6 Å². The van der Waals surface area contributed by atoms with E-state index in [9.17, 15) is 15.2 Å². The van der Waals surface area contributed by atoms with Crippen molar-refractivity contribution < 1.29 is 19.4 Å². The van der Waals surface area contributed by atoms with Gasteiger partial charge in [0, 0.05) is 22.7 Å². The molecule has 0 saturated carbocycles. The summed E-state index contributed by atoms with van der Waals surface area (Å²) in [6.45, 7) is 0. The molecule has 0 saturated heterocycles. The highest BCUT2D eigenvalue weighted by Crippen LogP contribution is 2.25. The number of nitrogens with one attached hydrogen (secondary N) is 1. The molecule has 0 atom stereocenters. The molecule has 1 heterocycles. The Bertz CT molecular complexity index is 1270. The Kier molecular flexibility index (Phi) is 4.55. The van der Waals surface area contributed by atoms with Crippen molar-refractivity contribution in [3.8, 4) is 17.1 Å². The van der Waals surface area contributed by atoms with Crippen LogP contribution in [-0.2, 0) is 0 Å². The van der Waals surface area contributed by atoms with Crippen LogP contribution in [0, 0.1) is 10.1 Å². The fourth-order valence-corrected chi connectivity index (χ4v) is 3.06. The zero-order valence-electron chi connectivity index (χ0n) is 14.4. The third-order valence-corrected chi connectivity index (χ3v) is 4.48. The van der Waals surface area contributed by atoms with Gasteiger partial charge in [0.25, 0.3) is 5.69 Å². The van der Waals surface area contributed by atoms with Crippen LogP contribution < -0.4 is 10.3 Å². The third-order valence-electron chi connectivity index (χ3n) is 4.25. The van der Waals surface area contributed by atoms with E-state index < -0.39 is 4.92 Å². The van der Waals surface area contributed by atoms with Gasteiger partial charge in [-0.15, -0.1) is 0 Å². The maximum absolute atomic E-state index is 10.9. The summed E-state index contributed by atoms with van der Waals surface area (Å²) in [5.41, 5.74) is 1.63. The number of aromatic hydroxyl groups is 1. The molecule has 7 heteroatoms. The number of non-ortho nitro benzene ring substituents is 1. The molecular formula is C21H14ClN2O4+. The van der Waals surface area contributed by atoms with Gasteiger partial charge in [-0.05, 0) is 18.2 Å². The molecule has 0 radical (unpaired) electrons. The quantitative estimate of drug-likeness (QED) is 0.315. The molecule has 0 amide bonds. The van der Waals surface area contributed by atoms with Crippen molar-refractivity contribution in [1.82, 2.24) is 0 Å². The molecule has 0 aliphatic rings. The molecule has 138 valence electrons. The second-order valence-corrected chi connectivity index (χ2v) is 6.55. The second-order valence-electron chi connectivity index (χ2n) is 6.11. The molecule has 2 N–H and O–H groups in total. The summed E-state index contributed by atoms with van der Waals surface area (Å²) in [4.78, 5) is 13.4. The third kappa shape index (κ3) is 3.45. The largest absolute Gasteiger partial charge is 0.502 e. The minimum Gasteiger partial charge on any atom is -0.502 e. The average molecular weight is 394 g/mol. The summed E-state index contributed by atoms with van der Waals surface area (Å²) < 4.78 is 6.01. The van der Waals surface area contributed by atoms with E-state index in [0.29, 0.717) is 32.8 Å². The average Bonchev–Trinajstić information content (AvgIpc) is 2.70. The summed E-state index contributed by atoms with van der Waals surface area (Å²) in [5.74, 6) is 0.394. The second kappa shape index (κ2) is 7.17. The van der Waals surface area contributed by atoms with Crippen molar-refractivity contribution in [2.45, 2.75) is 0 Å². The number of nitro groups is 1. The molecule has 4 aromatic rings. The molecule has 0 spiro atoms. The van der Waals surface area contributed by atoms with E-state index in [1.165, 1.54) is 12.1 Å². The van der Waals surface area contributed by atoms with Crippen LogP contribution in [0.2, 0.25) is 5.02 Å². The minimum absolute atomic E-state index is 0.191. The van der Waals surface area contributed by atoms with Gasteiger partial charge in [-0.2, -0.15) is 0 Å². The van der Waals surface area contributed by atoms with Gasteiger partial charge in [-0.1, -0.05) is 41.9 Å². The molecule has 0 aliphatic heterocycles. The predicted octanol–water partition coefficient (Wildman–Crippen LogP) is 3.68. The number of benzene rings is 3. The van der Waals surface area contributed by atoms with E-state index in [0.717, 1.165) is 11.6 Å². The number of hydrogen-bond acceptors (Lipinski definition) is 4. The fourth-order valence-electron chi connectivity index (χ4n) is 2.89. The Morgan fingerprint density at radius 3 is 2.50 bits per heavy atom. The molecule has 0 unspecified atom stereocenters. The van der Waals surface area contributed by atoms with Crippen LogP contribution in [0.25, 0.3) is 22.3 Å². The van der Waals surface area contributed by atoms with E-state index in [2.05, 4.69) is 4.99 Å². The topological polar surface area (TPSA) is 90.5 Å². The Labute approximate surface area is 164 Å². The van der Waals surface area contributed by atoms with Crippen molar-refractivity contribution in [1.29, 1.82) is 0 Å². The van der Waals surface area contributed by atoms with Crippen molar-refractivity contribution in [2.24, 2.45) is 0 Å². The lowest BCUT2D eigenvalue weighted by Gasteiger charge is -2.03. The molecule has 1 aromatic heterocycles. The van der Waals surface area contributed by atoms with Gasteiger partial charge in [0.2, 0.25) is 11.0 Å². The van der Waals surface area contributed by atoms with Gasteiger partial charge >= 0.3 is 0 Å². The Hall–Kier alpha value is -3.64. The van der Waals surface area contributed by atoms with Crippen LogP contribution in [0.3, 0.4) is 0 Å². The van der Waals surface area contributed by atoms with Crippen molar-refractivity contribution >= 4 is 33.9 Å². The number of fused-ring (bicyclic) bond motifs is 1. The highest BCUT2D eigenvalue weighted by atomic mass is 35.5. The summed E-state index contributed by atoms with van der Waals surface area (Å²) >= 11 is 6.14. The van der Waals surface area contributed by atoms with Gasteiger partial charge in [-0.3, -0.25) is 10.1 Å². The summed E-state index contributed by atoms with van der Waals surface area (Å²) in [7, 11) is 0. The highest BCUT2D eigenvalue weighted by Gasteiger charge is 2.15. The number of rotatable bonds is 3. The molecule has 0 bridgehead atoms. The Morgan fingerprint density at radius 1 is 1.00 bits per heavy atom. The number of nitro benzene ring substituents is 1. The molecule has 0 fully saturated rings. The first kappa shape index (κ1) is 17.8. The van der Waals surface area contributed by atoms with E-state index in [1.54, 1.807) is 24.3 Å². The van der Waals surface area contributed by atoms with Crippen LogP contribution in [0.1, 0.15) is 0 Å². The smallest absolute Gasteiger partial charge is 0.273 e. The van der Waals surface area contributed by atoms with Crippen molar-refractivity contribution in [3.05, 3.63) is 93.3 Å². The fraction of sp³-hybridized carbons (Fsp3) is 0. The first-order chi connectivity index (χ1) is 13.5. The van der Waals surface area contributed by atoms with Gasteiger partial charge in [-0.25, -0.2) is 4.99 Å². The number of nitrogens with zero attached hydrogens (tertiary/aromatic N) is 1. The lowest BCUT2D eigenvalue weighted by molar-refractivity contribution is -0.403. The van der Waals surface area contributed by atoms with Crippen LogP contribution in [0.4, 0.5) is 11.4 Å². The summed E-state index contributed by atoms with van der Waals surface area (Å²) in [6, 6.07) is 20.5. The van der Waals surface area contributed by atoms with Gasteiger partial charge in [0.1, 0.15) is 11.3 Å². The van der Waals surface area contributed by atoms with Crippen LogP contribution in [-0.4, -0.2) is 10.0 Å². The molecule has 28 heavy (non-hydrogen) atoms. The van der Waals surface area contributed by atoms with Gasteiger partial charge in [0.15, 0.2) is 5.75 Å².